The fourth-order valence-corrected chi connectivity index (χ4v) is 1.75. The maximum atomic E-state index is 11.9. The molecule has 0 spiro atoms. The van der Waals surface area contributed by atoms with E-state index in [1.807, 2.05) is 0 Å². The lowest BCUT2D eigenvalue weighted by Crippen LogP contribution is -2.52. The van der Waals surface area contributed by atoms with Gasteiger partial charge in [-0.1, -0.05) is 6.92 Å². The molecule has 0 aromatic rings. The molecule has 0 aromatic carbocycles. The van der Waals surface area contributed by atoms with Gasteiger partial charge in [0, 0.05) is 13.1 Å². The van der Waals surface area contributed by atoms with Crippen LogP contribution in [0, 0.1) is 5.41 Å². The van der Waals surface area contributed by atoms with E-state index in [2.05, 4.69) is 5.32 Å². The lowest BCUT2D eigenvalue weighted by atomic mass is 9.88. The molecule has 1 fully saturated rings. The first kappa shape index (κ1) is 15.7. The lowest BCUT2D eigenvalue weighted by Gasteiger charge is -2.33. The van der Waals surface area contributed by atoms with Gasteiger partial charge in [0.05, 0.1) is 31.3 Å². The number of aliphatic hydroxyl groups is 1. The smallest absolute Gasteiger partial charge is 0.317 e. The quantitative estimate of drug-likeness (QED) is 0.649. The molecule has 19 heavy (non-hydrogen) atoms. The third-order valence-electron chi connectivity index (χ3n) is 3.56. The third kappa shape index (κ3) is 4.07. The minimum absolute atomic E-state index is 0.0822. The summed E-state index contributed by atoms with van der Waals surface area (Å²) in [6, 6.07) is -0.317. The van der Waals surface area contributed by atoms with E-state index in [0.29, 0.717) is 26.1 Å². The van der Waals surface area contributed by atoms with Crippen molar-refractivity contribution < 1.29 is 24.5 Å². The van der Waals surface area contributed by atoms with Gasteiger partial charge in [-0.15, -0.1) is 0 Å². The number of nitrogens with one attached hydrogen (secondary N) is 1. The number of carbonyl (C=O) groups is 2. The van der Waals surface area contributed by atoms with Crippen LogP contribution in [0.2, 0.25) is 0 Å². The molecule has 3 N–H and O–H groups in total. The summed E-state index contributed by atoms with van der Waals surface area (Å²) in [6.45, 7) is 4.46. The van der Waals surface area contributed by atoms with E-state index < -0.39 is 11.4 Å². The standard InChI is InChI=1S/C12H22N2O5/c1-3-12(2,10(16)17)8-13-11(18)14-4-5-19-9(6-14)7-15/h9,15H,3-8H2,1-2H3,(H,13,18)(H,16,17). The minimum atomic E-state index is -0.960. The topological polar surface area (TPSA) is 99.1 Å². The largest absolute Gasteiger partial charge is 0.481 e. The van der Waals surface area contributed by atoms with Crippen LogP contribution in [0.3, 0.4) is 0 Å². The van der Waals surface area contributed by atoms with E-state index in [-0.39, 0.29) is 25.3 Å². The summed E-state index contributed by atoms with van der Waals surface area (Å²) in [4.78, 5) is 24.6. The monoisotopic (exact) mass is 274 g/mol. The molecule has 1 saturated heterocycles. The summed E-state index contributed by atoms with van der Waals surface area (Å²) in [5, 5.41) is 20.8. The number of aliphatic hydroxyl groups excluding tert-OH is 1. The predicted octanol–water partition coefficient (Wildman–Crippen LogP) is -0.110. The first-order valence-corrected chi connectivity index (χ1v) is 6.41. The van der Waals surface area contributed by atoms with Crippen LogP contribution in [0.25, 0.3) is 0 Å². The Morgan fingerprint density at radius 2 is 2.21 bits per heavy atom. The number of carboxylic acids is 1. The zero-order chi connectivity index (χ0) is 14.5. The summed E-state index contributed by atoms with van der Waals surface area (Å²) in [5.74, 6) is -0.925. The van der Waals surface area contributed by atoms with Crippen LogP contribution in [0.5, 0.6) is 0 Å². The van der Waals surface area contributed by atoms with E-state index >= 15 is 0 Å². The Hall–Kier alpha value is -1.34. The number of hydrogen-bond acceptors (Lipinski definition) is 4. The highest BCUT2D eigenvalue weighted by Gasteiger charge is 2.32. The Kier molecular flexibility index (Phi) is 5.56. The van der Waals surface area contributed by atoms with Gasteiger partial charge < -0.3 is 25.2 Å². The Morgan fingerprint density at radius 1 is 1.53 bits per heavy atom. The Bertz CT molecular complexity index is 336. The summed E-state index contributed by atoms with van der Waals surface area (Å²) in [5.41, 5.74) is -0.960. The van der Waals surface area contributed by atoms with Gasteiger partial charge in [-0.25, -0.2) is 4.79 Å². The zero-order valence-corrected chi connectivity index (χ0v) is 11.4. The van der Waals surface area contributed by atoms with Crippen molar-refractivity contribution in [1.82, 2.24) is 10.2 Å². The van der Waals surface area contributed by atoms with Crippen LogP contribution in [0.15, 0.2) is 0 Å². The van der Waals surface area contributed by atoms with Gasteiger partial charge in [0.15, 0.2) is 0 Å². The van der Waals surface area contributed by atoms with Crippen molar-refractivity contribution in [2.45, 2.75) is 26.4 Å². The summed E-state index contributed by atoms with van der Waals surface area (Å²) in [7, 11) is 0. The number of rotatable bonds is 5. The van der Waals surface area contributed by atoms with Gasteiger partial charge in [0.25, 0.3) is 0 Å². The first-order valence-electron chi connectivity index (χ1n) is 6.41. The molecule has 1 aliphatic rings. The van der Waals surface area contributed by atoms with Crippen LogP contribution in [-0.4, -0.2) is 66.1 Å². The average molecular weight is 274 g/mol. The number of ether oxygens (including phenoxy) is 1. The van der Waals surface area contributed by atoms with E-state index in [9.17, 15) is 9.59 Å². The number of urea groups is 1. The molecule has 0 aromatic heterocycles. The van der Waals surface area contributed by atoms with E-state index in [1.54, 1.807) is 13.8 Å². The second-order valence-corrected chi connectivity index (χ2v) is 5.00. The summed E-state index contributed by atoms with van der Waals surface area (Å²) in [6.07, 6.45) is 0.0712. The Balaban J connectivity index is 2.48. The minimum Gasteiger partial charge on any atom is -0.481 e. The molecule has 0 bridgehead atoms. The molecule has 1 rings (SSSR count). The molecule has 2 atom stereocenters. The van der Waals surface area contributed by atoms with Gasteiger partial charge in [-0.3, -0.25) is 4.79 Å². The van der Waals surface area contributed by atoms with Crippen molar-refractivity contribution in [2.75, 3.05) is 32.8 Å². The molecule has 7 nitrogen and oxygen atoms in total. The second kappa shape index (κ2) is 6.72. The molecule has 0 aliphatic carbocycles. The van der Waals surface area contributed by atoms with Crippen LogP contribution in [0.4, 0.5) is 4.79 Å². The maximum absolute atomic E-state index is 11.9. The van der Waals surface area contributed by atoms with Crippen LogP contribution < -0.4 is 5.32 Å². The highest BCUT2D eigenvalue weighted by atomic mass is 16.5. The first-order chi connectivity index (χ1) is 8.92. The van der Waals surface area contributed by atoms with E-state index in [4.69, 9.17) is 14.9 Å². The van der Waals surface area contributed by atoms with E-state index in [0.717, 1.165) is 0 Å². The third-order valence-corrected chi connectivity index (χ3v) is 3.56. The average Bonchev–Trinajstić information content (AvgIpc) is 2.44. The highest BCUT2D eigenvalue weighted by Crippen LogP contribution is 2.20. The normalized spacial score (nSPS) is 22.7. The lowest BCUT2D eigenvalue weighted by molar-refractivity contribution is -0.147. The molecule has 7 heteroatoms. The SMILES string of the molecule is CCC(C)(CNC(=O)N1CCOC(CO)C1)C(=O)O. The Labute approximate surface area is 112 Å². The predicted molar refractivity (Wildman–Crippen MR) is 67.8 cm³/mol. The van der Waals surface area contributed by atoms with Crippen LogP contribution >= 0.6 is 0 Å². The number of morpholine rings is 1. The zero-order valence-electron chi connectivity index (χ0n) is 11.4. The van der Waals surface area contributed by atoms with E-state index in [1.165, 1.54) is 4.90 Å². The fraction of sp³-hybridized carbons (Fsp3) is 0.833. The van der Waals surface area contributed by atoms with Gasteiger partial charge >= 0.3 is 12.0 Å². The van der Waals surface area contributed by atoms with Gasteiger partial charge in [-0.2, -0.15) is 0 Å². The maximum Gasteiger partial charge on any atom is 0.317 e. The van der Waals surface area contributed by atoms with Crippen molar-refractivity contribution in [3.63, 3.8) is 0 Å². The van der Waals surface area contributed by atoms with Crippen molar-refractivity contribution >= 4 is 12.0 Å². The van der Waals surface area contributed by atoms with Crippen LogP contribution in [-0.2, 0) is 9.53 Å². The molecule has 110 valence electrons. The highest BCUT2D eigenvalue weighted by molar-refractivity contribution is 5.78. The van der Waals surface area contributed by atoms with Gasteiger partial charge in [0.1, 0.15) is 0 Å². The molecule has 2 amide bonds. The van der Waals surface area contributed by atoms with Gasteiger partial charge in [0.2, 0.25) is 0 Å². The molecule has 0 saturated carbocycles. The number of nitrogens with zero attached hydrogens (tertiary/aromatic N) is 1. The molecule has 0 radical (unpaired) electrons. The summed E-state index contributed by atoms with van der Waals surface area (Å²) < 4.78 is 5.25. The number of amides is 2. The number of aliphatic carboxylic acids is 1. The molecular formula is C12H22N2O5. The van der Waals surface area contributed by atoms with Crippen molar-refractivity contribution in [2.24, 2.45) is 5.41 Å². The Morgan fingerprint density at radius 3 is 2.74 bits per heavy atom. The molecule has 2 unspecified atom stereocenters. The second-order valence-electron chi connectivity index (χ2n) is 5.00. The molecule has 1 aliphatic heterocycles. The molecular weight excluding hydrogens is 252 g/mol. The fourth-order valence-electron chi connectivity index (χ4n) is 1.75. The number of carboxylic acid groups (broad SMARTS) is 1. The number of hydrogen-bond donors (Lipinski definition) is 3. The van der Waals surface area contributed by atoms with Gasteiger partial charge in [-0.05, 0) is 13.3 Å². The van der Waals surface area contributed by atoms with Crippen molar-refractivity contribution in [3.05, 3.63) is 0 Å². The summed E-state index contributed by atoms with van der Waals surface area (Å²) >= 11 is 0. The van der Waals surface area contributed by atoms with Crippen LogP contribution in [0.1, 0.15) is 20.3 Å². The number of carbonyl (C=O) groups excluding carboxylic acids is 1. The molecule has 1 heterocycles. The van der Waals surface area contributed by atoms with Crippen molar-refractivity contribution in [3.8, 4) is 0 Å². The van der Waals surface area contributed by atoms with Crippen molar-refractivity contribution in [1.29, 1.82) is 0 Å².